The van der Waals surface area contributed by atoms with Crippen molar-refractivity contribution in [3.05, 3.63) is 48.6 Å². The molecule has 0 saturated carbocycles. The maximum atomic E-state index is 13.0. The zero-order valence-electron chi connectivity index (χ0n) is 15.4. The van der Waals surface area contributed by atoms with Crippen molar-refractivity contribution in [1.29, 1.82) is 0 Å². The van der Waals surface area contributed by atoms with E-state index in [9.17, 15) is 9.59 Å². The summed E-state index contributed by atoms with van der Waals surface area (Å²) in [5, 5.41) is 0. The van der Waals surface area contributed by atoms with E-state index in [1.165, 1.54) is 0 Å². The van der Waals surface area contributed by atoms with E-state index in [0.29, 0.717) is 32.8 Å². The number of ether oxygens (including phenoxy) is 1. The maximum Gasteiger partial charge on any atom is 0.251 e. The van der Waals surface area contributed by atoms with Gasteiger partial charge in [-0.2, -0.15) is 0 Å². The van der Waals surface area contributed by atoms with Gasteiger partial charge in [0, 0.05) is 26.2 Å². The predicted molar refractivity (Wildman–Crippen MR) is 98.2 cm³/mol. The van der Waals surface area contributed by atoms with E-state index in [0.717, 1.165) is 5.56 Å². The third kappa shape index (κ3) is 4.48. The molecule has 1 aliphatic rings. The van der Waals surface area contributed by atoms with Gasteiger partial charge >= 0.3 is 0 Å². The summed E-state index contributed by atoms with van der Waals surface area (Å²) in [5.41, 5.74) is 0.429. The number of amides is 2. The molecule has 1 saturated heterocycles. The number of rotatable bonds is 6. The first-order valence-corrected chi connectivity index (χ1v) is 8.74. The van der Waals surface area contributed by atoms with E-state index in [-0.39, 0.29) is 11.8 Å². The fraction of sp³-hybridized carbons (Fsp3) is 0.500. The van der Waals surface area contributed by atoms with Crippen LogP contribution < -0.4 is 0 Å². The van der Waals surface area contributed by atoms with Gasteiger partial charge in [0.2, 0.25) is 5.91 Å². The van der Waals surface area contributed by atoms with Crippen molar-refractivity contribution in [2.45, 2.75) is 32.3 Å². The molecule has 136 valence electrons. The monoisotopic (exact) mass is 344 g/mol. The van der Waals surface area contributed by atoms with E-state index in [2.05, 4.69) is 6.58 Å². The average Bonchev–Trinajstić information content (AvgIpc) is 2.65. The SMILES string of the molecule is C=CCO[C@H](C)C(=O)N1CCN(C(=O)C(C)(C)c2ccccc2)CC1. The predicted octanol–water partition coefficient (Wildman–Crippen LogP) is 2.23. The number of carbonyl (C=O) groups excluding carboxylic acids is 2. The smallest absolute Gasteiger partial charge is 0.251 e. The molecule has 1 heterocycles. The lowest BCUT2D eigenvalue weighted by molar-refractivity contribution is -0.148. The normalized spacial score (nSPS) is 16.4. The van der Waals surface area contributed by atoms with Crippen LogP contribution in [0.2, 0.25) is 0 Å². The summed E-state index contributed by atoms with van der Waals surface area (Å²) in [7, 11) is 0. The molecular weight excluding hydrogens is 316 g/mol. The highest BCUT2D eigenvalue weighted by Crippen LogP contribution is 2.26. The topological polar surface area (TPSA) is 49.9 Å². The van der Waals surface area contributed by atoms with E-state index in [1.807, 2.05) is 49.1 Å². The molecule has 25 heavy (non-hydrogen) atoms. The molecule has 0 unspecified atom stereocenters. The van der Waals surface area contributed by atoms with Crippen molar-refractivity contribution in [2.24, 2.45) is 0 Å². The van der Waals surface area contributed by atoms with Crippen molar-refractivity contribution in [1.82, 2.24) is 9.80 Å². The molecule has 5 nitrogen and oxygen atoms in total. The Morgan fingerprint density at radius 3 is 2.28 bits per heavy atom. The second kappa shape index (κ2) is 8.30. The zero-order chi connectivity index (χ0) is 18.4. The van der Waals surface area contributed by atoms with E-state index in [1.54, 1.807) is 17.9 Å². The van der Waals surface area contributed by atoms with Crippen molar-refractivity contribution in [3.63, 3.8) is 0 Å². The van der Waals surface area contributed by atoms with Gasteiger partial charge in [0.15, 0.2) is 0 Å². The lowest BCUT2D eigenvalue weighted by Gasteiger charge is -2.39. The van der Waals surface area contributed by atoms with Crippen LogP contribution in [-0.2, 0) is 19.7 Å². The lowest BCUT2D eigenvalue weighted by atomic mass is 9.83. The summed E-state index contributed by atoms with van der Waals surface area (Å²) in [5.74, 6) is 0.0676. The molecule has 2 rings (SSSR count). The Labute approximate surface area is 150 Å². The Balaban J connectivity index is 1.94. The van der Waals surface area contributed by atoms with Crippen molar-refractivity contribution in [3.8, 4) is 0 Å². The Bertz CT molecular complexity index is 605. The average molecular weight is 344 g/mol. The largest absolute Gasteiger partial charge is 0.365 e. The molecule has 0 bridgehead atoms. The number of piperazine rings is 1. The third-order valence-corrected chi connectivity index (χ3v) is 4.72. The number of hydrogen-bond donors (Lipinski definition) is 0. The van der Waals surface area contributed by atoms with Crippen LogP contribution in [0.25, 0.3) is 0 Å². The van der Waals surface area contributed by atoms with Crippen molar-refractivity contribution >= 4 is 11.8 Å². The van der Waals surface area contributed by atoms with Crippen LogP contribution in [0.3, 0.4) is 0 Å². The van der Waals surface area contributed by atoms with Crippen LogP contribution in [0.15, 0.2) is 43.0 Å². The van der Waals surface area contributed by atoms with Crippen LogP contribution in [0.4, 0.5) is 0 Å². The molecule has 1 aromatic rings. The summed E-state index contributed by atoms with van der Waals surface area (Å²) >= 11 is 0. The van der Waals surface area contributed by atoms with Gasteiger partial charge < -0.3 is 14.5 Å². The first-order valence-electron chi connectivity index (χ1n) is 8.74. The van der Waals surface area contributed by atoms with Gasteiger partial charge in [0.1, 0.15) is 6.10 Å². The molecule has 0 aliphatic carbocycles. The molecule has 0 N–H and O–H groups in total. The lowest BCUT2D eigenvalue weighted by Crippen LogP contribution is -2.55. The van der Waals surface area contributed by atoms with Gasteiger partial charge in [-0.25, -0.2) is 0 Å². The standard InChI is InChI=1S/C20H28N2O3/c1-5-15-25-16(2)18(23)21-11-13-22(14-12-21)19(24)20(3,4)17-9-7-6-8-10-17/h5-10,16H,1,11-15H2,2-4H3/t16-/m1/s1. The minimum atomic E-state index is -0.576. The van der Waals surface area contributed by atoms with Crippen LogP contribution in [0.1, 0.15) is 26.3 Å². The van der Waals surface area contributed by atoms with Gasteiger partial charge in [-0.15, -0.1) is 6.58 Å². The van der Waals surface area contributed by atoms with Crippen LogP contribution in [0.5, 0.6) is 0 Å². The molecule has 1 aliphatic heterocycles. The molecule has 1 aromatic carbocycles. The number of benzene rings is 1. The van der Waals surface area contributed by atoms with E-state index < -0.39 is 11.5 Å². The zero-order valence-corrected chi connectivity index (χ0v) is 15.4. The first kappa shape index (κ1) is 19.2. The van der Waals surface area contributed by atoms with Gasteiger partial charge in [-0.05, 0) is 26.3 Å². The summed E-state index contributed by atoms with van der Waals surface area (Å²) < 4.78 is 5.40. The molecule has 0 spiro atoms. The summed E-state index contributed by atoms with van der Waals surface area (Å²) in [6.45, 7) is 11.8. The highest BCUT2D eigenvalue weighted by molar-refractivity contribution is 5.88. The third-order valence-electron chi connectivity index (χ3n) is 4.72. The highest BCUT2D eigenvalue weighted by atomic mass is 16.5. The number of carbonyl (C=O) groups is 2. The Hall–Kier alpha value is -2.14. The summed E-state index contributed by atoms with van der Waals surface area (Å²) in [4.78, 5) is 28.9. The van der Waals surface area contributed by atoms with Gasteiger partial charge in [-0.1, -0.05) is 36.4 Å². The second-order valence-corrected chi connectivity index (χ2v) is 6.87. The van der Waals surface area contributed by atoms with Crippen LogP contribution in [-0.4, -0.2) is 60.5 Å². The van der Waals surface area contributed by atoms with E-state index in [4.69, 9.17) is 4.74 Å². The van der Waals surface area contributed by atoms with Gasteiger partial charge in [0.25, 0.3) is 5.91 Å². The Morgan fingerprint density at radius 1 is 1.16 bits per heavy atom. The summed E-state index contributed by atoms with van der Waals surface area (Å²) in [6, 6.07) is 9.81. The Kier molecular flexibility index (Phi) is 6.37. The number of nitrogens with zero attached hydrogens (tertiary/aromatic N) is 2. The van der Waals surface area contributed by atoms with E-state index >= 15 is 0 Å². The molecule has 2 amide bonds. The minimum Gasteiger partial charge on any atom is -0.365 e. The van der Waals surface area contributed by atoms with Gasteiger partial charge in [0.05, 0.1) is 12.0 Å². The molecule has 1 atom stereocenters. The highest BCUT2D eigenvalue weighted by Gasteiger charge is 2.36. The van der Waals surface area contributed by atoms with Crippen LogP contribution in [0, 0.1) is 0 Å². The molecule has 5 heteroatoms. The van der Waals surface area contributed by atoms with Gasteiger partial charge in [-0.3, -0.25) is 9.59 Å². The Morgan fingerprint density at radius 2 is 1.72 bits per heavy atom. The molecular formula is C20H28N2O3. The molecule has 0 aromatic heterocycles. The fourth-order valence-electron chi connectivity index (χ4n) is 3.04. The maximum absolute atomic E-state index is 13.0. The minimum absolute atomic E-state index is 0.0312. The molecule has 1 fully saturated rings. The van der Waals surface area contributed by atoms with Crippen molar-refractivity contribution < 1.29 is 14.3 Å². The molecule has 0 radical (unpaired) electrons. The second-order valence-electron chi connectivity index (χ2n) is 6.87. The summed E-state index contributed by atoms with van der Waals surface area (Å²) in [6.07, 6.45) is 1.15. The number of hydrogen-bond acceptors (Lipinski definition) is 3. The van der Waals surface area contributed by atoms with Crippen LogP contribution >= 0.6 is 0 Å². The van der Waals surface area contributed by atoms with Crippen molar-refractivity contribution in [2.75, 3.05) is 32.8 Å². The fourth-order valence-corrected chi connectivity index (χ4v) is 3.04. The first-order chi connectivity index (χ1) is 11.9. The quantitative estimate of drug-likeness (QED) is 0.744.